The third kappa shape index (κ3) is 2.98. The van der Waals surface area contributed by atoms with E-state index >= 15 is 0 Å². The van der Waals surface area contributed by atoms with Gasteiger partial charge in [-0.05, 0) is 37.3 Å². The largest absolute Gasteiger partial charge is 0.145 e. The van der Waals surface area contributed by atoms with Crippen LogP contribution in [0.4, 0.5) is 0 Å². The van der Waals surface area contributed by atoms with Gasteiger partial charge in [0.1, 0.15) is 0 Å². The Balaban J connectivity index is 2.41. The summed E-state index contributed by atoms with van der Waals surface area (Å²) in [5.74, 6) is 0.831. The summed E-state index contributed by atoms with van der Waals surface area (Å²) < 4.78 is 0. The Labute approximate surface area is 79.6 Å². The van der Waals surface area contributed by atoms with Crippen LogP contribution in [0, 0.1) is 5.92 Å². The molecule has 0 N–H and O–H groups in total. The van der Waals surface area contributed by atoms with Gasteiger partial charge in [0.05, 0.1) is 0 Å². The van der Waals surface area contributed by atoms with Gasteiger partial charge in [-0.3, -0.25) is 0 Å². The molecule has 1 aromatic heterocycles. The van der Waals surface area contributed by atoms with Gasteiger partial charge in [-0.1, -0.05) is 20.8 Å². The van der Waals surface area contributed by atoms with E-state index in [2.05, 4.69) is 32.9 Å². The fraction of sp³-hybridized carbons (Fsp3) is 0.636. The number of aryl methyl sites for hydroxylation is 2. The summed E-state index contributed by atoms with van der Waals surface area (Å²) in [4.78, 5) is 3.08. The lowest BCUT2D eigenvalue weighted by Crippen LogP contribution is -1.88. The first-order chi connectivity index (χ1) is 5.72. The summed E-state index contributed by atoms with van der Waals surface area (Å²) in [6.07, 6.45) is 3.78. The molecule has 0 radical (unpaired) electrons. The molecule has 1 heterocycles. The number of hydrogen-bond acceptors (Lipinski definition) is 1. The van der Waals surface area contributed by atoms with Gasteiger partial charge in [0, 0.05) is 9.75 Å². The molecule has 0 nitrogen and oxygen atoms in total. The summed E-state index contributed by atoms with van der Waals surface area (Å²) >= 11 is 1.97. The number of thiophene rings is 1. The predicted octanol–water partition coefficient (Wildman–Crippen LogP) is 3.90. The van der Waals surface area contributed by atoms with Crippen molar-refractivity contribution in [1.29, 1.82) is 0 Å². The molecule has 0 aliphatic carbocycles. The van der Waals surface area contributed by atoms with Gasteiger partial charge in [0.2, 0.25) is 0 Å². The highest BCUT2D eigenvalue weighted by molar-refractivity contribution is 7.11. The second-order valence-electron chi connectivity index (χ2n) is 3.65. The van der Waals surface area contributed by atoms with Gasteiger partial charge in [-0.25, -0.2) is 0 Å². The lowest BCUT2D eigenvalue weighted by molar-refractivity contribution is 0.590. The van der Waals surface area contributed by atoms with E-state index in [4.69, 9.17) is 0 Å². The molecule has 0 fully saturated rings. The van der Waals surface area contributed by atoms with Crippen LogP contribution in [0.15, 0.2) is 12.1 Å². The Hall–Kier alpha value is -0.300. The van der Waals surface area contributed by atoms with Gasteiger partial charge in [-0.2, -0.15) is 0 Å². The van der Waals surface area contributed by atoms with Crippen molar-refractivity contribution in [3.8, 4) is 0 Å². The van der Waals surface area contributed by atoms with E-state index in [-0.39, 0.29) is 0 Å². The lowest BCUT2D eigenvalue weighted by Gasteiger charge is -2.00. The summed E-state index contributed by atoms with van der Waals surface area (Å²) in [7, 11) is 0. The van der Waals surface area contributed by atoms with Crippen LogP contribution in [0.3, 0.4) is 0 Å². The van der Waals surface area contributed by atoms with Gasteiger partial charge >= 0.3 is 0 Å². The highest BCUT2D eigenvalue weighted by atomic mass is 32.1. The number of hydrogen-bond donors (Lipinski definition) is 0. The van der Waals surface area contributed by atoms with E-state index in [1.54, 1.807) is 4.88 Å². The van der Waals surface area contributed by atoms with Crippen LogP contribution in [-0.2, 0) is 12.8 Å². The summed E-state index contributed by atoms with van der Waals surface area (Å²) in [5.41, 5.74) is 0. The molecule has 0 atom stereocenters. The van der Waals surface area contributed by atoms with Crippen molar-refractivity contribution in [3.63, 3.8) is 0 Å². The van der Waals surface area contributed by atoms with Crippen molar-refractivity contribution in [2.45, 2.75) is 40.0 Å². The van der Waals surface area contributed by atoms with Crippen LogP contribution in [0.2, 0.25) is 0 Å². The molecule has 1 rings (SSSR count). The van der Waals surface area contributed by atoms with E-state index < -0.39 is 0 Å². The fourth-order valence-corrected chi connectivity index (χ4v) is 2.15. The van der Waals surface area contributed by atoms with Gasteiger partial charge in [-0.15, -0.1) is 11.3 Å². The van der Waals surface area contributed by atoms with Crippen molar-refractivity contribution in [1.82, 2.24) is 0 Å². The first kappa shape index (κ1) is 9.79. The molecular weight excluding hydrogens is 164 g/mol. The van der Waals surface area contributed by atoms with Gasteiger partial charge in [0.25, 0.3) is 0 Å². The lowest BCUT2D eigenvalue weighted by atomic mass is 10.1. The minimum atomic E-state index is 0.831. The maximum Gasteiger partial charge on any atom is 0.00482 e. The Morgan fingerprint density at radius 3 is 2.42 bits per heavy atom. The van der Waals surface area contributed by atoms with Crippen LogP contribution in [0.1, 0.15) is 36.9 Å². The topological polar surface area (TPSA) is 0 Å². The fourth-order valence-electron chi connectivity index (χ4n) is 1.18. The Kier molecular flexibility index (Phi) is 3.80. The molecule has 0 unspecified atom stereocenters. The zero-order chi connectivity index (χ0) is 8.97. The summed E-state index contributed by atoms with van der Waals surface area (Å²) in [6, 6.07) is 4.55. The third-order valence-electron chi connectivity index (χ3n) is 2.03. The monoisotopic (exact) mass is 182 g/mol. The van der Waals surface area contributed by atoms with Crippen molar-refractivity contribution in [3.05, 3.63) is 21.9 Å². The smallest absolute Gasteiger partial charge is 0.00482 e. The Morgan fingerprint density at radius 1 is 1.25 bits per heavy atom. The first-order valence-electron chi connectivity index (χ1n) is 4.80. The van der Waals surface area contributed by atoms with Gasteiger partial charge in [0.15, 0.2) is 0 Å². The highest BCUT2D eigenvalue weighted by Crippen LogP contribution is 2.19. The van der Waals surface area contributed by atoms with E-state index in [0.29, 0.717) is 0 Å². The first-order valence-corrected chi connectivity index (χ1v) is 5.61. The quantitative estimate of drug-likeness (QED) is 0.662. The molecule has 1 aromatic rings. The normalized spacial score (nSPS) is 11.0. The van der Waals surface area contributed by atoms with Crippen LogP contribution < -0.4 is 0 Å². The molecule has 0 amide bonds. The molecule has 0 saturated heterocycles. The molecule has 0 aliphatic heterocycles. The van der Waals surface area contributed by atoms with Crippen molar-refractivity contribution < 1.29 is 0 Å². The van der Waals surface area contributed by atoms with Gasteiger partial charge < -0.3 is 0 Å². The van der Waals surface area contributed by atoms with E-state index in [0.717, 1.165) is 5.92 Å². The van der Waals surface area contributed by atoms with Crippen molar-refractivity contribution in [2.75, 3.05) is 0 Å². The predicted molar refractivity (Wildman–Crippen MR) is 56.9 cm³/mol. The van der Waals surface area contributed by atoms with Crippen LogP contribution in [0.5, 0.6) is 0 Å². The van der Waals surface area contributed by atoms with Crippen LogP contribution in [0.25, 0.3) is 0 Å². The van der Waals surface area contributed by atoms with E-state index in [9.17, 15) is 0 Å². The molecule has 1 heteroatoms. The highest BCUT2D eigenvalue weighted by Gasteiger charge is 1.99. The summed E-state index contributed by atoms with van der Waals surface area (Å²) in [5, 5.41) is 0. The minimum absolute atomic E-state index is 0.831. The molecule has 0 bridgehead atoms. The molecule has 0 aliphatic rings. The third-order valence-corrected chi connectivity index (χ3v) is 3.32. The molecule has 0 saturated carbocycles. The SMILES string of the molecule is CCc1ccc(CCC(C)C)s1. The average Bonchev–Trinajstić information content (AvgIpc) is 2.48. The molecule has 68 valence electrons. The number of rotatable bonds is 4. The second kappa shape index (κ2) is 4.66. The second-order valence-corrected chi connectivity index (χ2v) is 4.91. The molecule has 0 aromatic carbocycles. The maximum absolute atomic E-state index is 2.29. The van der Waals surface area contributed by atoms with E-state index in [1.165, 1.54) is 24.1 Å². The Morgan fingerprint density at radius 2 is 1.92 bits per heavy atom. The van der Waals surface area contributed by atoms with Crippen LogP contribution in [-0.4, -0.2) is 0 Å². The maximum atomic E-state index is 2.29. The molecule has 0 spiro atoms. The zero-order valence-corrected chi connectivity index (χ0v) is 9.08. The Bertz CT molecular complexity index is 223. The average molecular weight is 182 g/mol. The van der Waals surface area contributed by atoms with E-state index in [1.807, 2.05) is 11.3 Å². The molecular formula is C11H18S. The standard InChI is InChI=1S/C11H18S/c1-4-10-7-8-11(12-10)6-5-9(2)3/h7-9H,4-6H2,1-3H3. The summed E-state index contributed by atoms with van der Waals surface area (Å²) in [6.45, 7) is 6.79. The molecule has 12 heavy (non-hydrogen) atoms. The van der Waals surface area contributed by atoms with Crippen molar-refractivity contribution >= 4 is 11.3 Å². The van der Waals surface area contributed by atoms with Crippen molar-refractivity contribution in [2.24, 2.45) is 5.92 Å². The zero-order valence-electron chi connectivity index (χ0n) is 8.26. The minimum Gasteiger partial charge on any atom is -0.145 e. The van der Waals surface area contributed by atoms with Crippen LogP contribution >= 0.6 is 11.3 Å².